The van der Waals surface area contributed by atoms with Crippen molar-refractivity contribution in [2.24, 2.45) is 5.92 Å². The highest BCUT2D eigenvalue weighted by atomic mass is 16.3. The zero-order valence-corrected chi connectivity index (χ0v) is 15.6. The van der Waals surface area contributed by atoms with Crippen molar-refractivity contribution in [1.29, 1.82) is 0 Å². The van der Waals surface area contributed by atoms with Crippen molar-refractivity contribution < 1.29 is 14.7 Å². The molecule has 1 N–H and O–H groups in total. The van der Waals surface area contributed by atoms with E-state index in [2.05, 4.69) is 4.98 Å². The third-order valence-electron chi connectivity index (χ3n) is 5.55. The second kappa shape index (κ2) is 8.62. The van der Waals surface area contributed by atoms with Gasteiger partial charge in [-0.05, 0) is 44.2 Å². The Hall–Kier alpha value is -1.95. The van der Waals surface area contributed by atoms with Crippen LogP contribution in [0.25, 0.3) is 0 Å². The maximum atomic E-state index is 12.7. The van der Waals surface area contributed by atoms with Crippen LogP contribution in [-0.2, 0) is 4.79 Å². The zero-order valence-electron chi connectivity index (χ0n) is 15.6. The molecule has 0 unspecified atom stereocenters. The van der Waals surface area contributed by atoms with Gasteiger partial charge in [-0.1, -0.05) is 25.3 Å². The van der Waals surface area contributed by atoms with Crippen molar-refractivity contribution in [3.05, 3.63) is 29.6 Å². The van der Waals surface area contributed by atoms with E-state index in [-0.39, 0.29) is 17.7 Å². The molecule has 1 aliphatic carbocycles. The summed E-state index contributed by atoms with van der Waals surface area (Å²) in [6, 6.07) is 5.44. The van der Waals surface area contributed by atoms with Gasteiger partial charge in [0.15, 0.2) is 0 Å². The fourth-order valence-electron chi connectivity index (χ4n) is 4.00. The lowest BCUT2D eigenvalue weighted by Crippen LogP contribution is -2.45. The number of carbonyl (C=O) groups is 2. The number of aliphatic hydroxyl groups is 1. The van der Waals surface area contributed by atoms with Crippen LogP contribution in [0.2, 0.25) is 0 Å². The summed E-state index contributed by atoms with van der Waals surface area (Å²) in [5.41, 5.74) is 1.27. The number of nitrogens with zero attached hydrogens (tertiary/aromatic N) is 3. The third kappa shape index (κ3) is 4.41. The first-order valence-electron chi connectivity index (χ1n) is 9.76. The van der Waals surface area contributed by atoms with Gasteiger partial charge in [0.2, 0.25) is 0 Å². The molecular formula is C20H29N3O3. The van der Waals surface area contributed by atoms with Crippen LogP contribution in [0, 0.1) is 12.8 Å². The van der Waals surface area contributed by atoms with Crippen molar-refractivity contribution in [2.45, 2.75) is 51.6 Å². The van der Waals surface area contributed by atoms with Crippen molar-refractivity contribution in [3.63, 3.8) is 0 Å². The number of hydrogen-bond donors (Lipinski definition) is 1. The maximum Gasteiger partial charge on any atom is 0.272 e. The standard InChI is InChI=1S/C20H29N3O3/c1-15-7-5-10-17(21-15)19(25)22-11-6-12-23(14-13-22)20(26)18(24)16-8-3-2-4-9-16/h5,7,10,16,18,24H,2-4,6,8-9,11-14H2,1H3/t18-/m1/s1. The molecule has 0 spiro atoms. The lowest BCUT2D eigenvalue weighted by molar-refractivity contribution is -0.143. The van der Waals surface area contributed by atoms with Crippen LogP contribution in [0.5, 0.6) is 0 Å². The molecule has 1 aliphatic heterocycles. The van der Waals surface area contributed by atoms with E-state index in [0.29, 0.717) is 31.9 Å². The van der Waals surface area contributed by atoms with E-state index in [1.54, 1.807) is 15.9 Å². The number of aliphatic hydroxyl groups excluding tert-OH is 1. The summed E-state index contributed by atoms with van der Waals surface area (Å²) >= 11 is 0. The molecule has 3 rings (SSSR count). The molecule has 26 heavy (non-hydrogen) atoms. The Morgan fingerprint density at radius 2 is 1.73 bits per heavy atom. The first kappa shape index (κ1) is 18.8. The maximum absolute atomic E-state index is 12.7. The summed E-state index contributed by atoms with van der Waals surface area (Å²) in [5.74, 6) is -0.163. The first-order chi connectivity index (χ1) is 12.6. The summed E-state index contributed by atoms with van der Waals surface area (Å²) in [6.45, 7) is 4.02. The molecule has 1 saturated heterocycles. The minimum absolute atomic E-state index is 0.0872. The number of rotatable bonds is 3. The van der Waals surface area contributed by atoms with Gasteiger partial charge in [-0.3, -0.25) is 9.59 Å². The van der Waals surface area contributed by atoms with Gasteiger partial charge < -0.3 is 14.9 Å². The van der Waals surface area contributed by atoms with E-state index in [0.717, 1.165) is 37.8 Å². The predicted octanol–water partition coefficient (Wildman–Crippen LogP) is 2.01. The number of aromatic nitrogens is 1. The topological polar surface area (TPSA) is 73.7 Å². The van der Waals surface area contributed by atoms with E-state index in [1.165, 1.54) is 6.42 Å². The van der Waals surface area contributed by atoms with Crippen LogP contribution in [0.1, 0.15) is 54.7 Å². The Balaban J connectivity index is 1.59. The van der Waals surface area contributed by atoms with Crippen molar-refractivity contribution >= 4 is 11.8 Å². The molecule has 0 bridgehead atoms. The summed E-state index contributed by atoms with van der Waals surface area (Å²) in [7, 11) is 0. The highest BCUT2D eigenvalue weighted by Crippen LogP contribution is 2.27. The molecule has 2 aliphatic rings. The van der Waals surface area contributed by atoms with Crippen LogP contribution in [0.15, 0.2) is 18.2 Å². The van der Waals surface area contributed by atoms with E-state index >= 15 is 0 Å². The molecule has 6 nitrogen and oxygen atoms in total. The molecule has 1 aromatic rings. The molecule has 142 valence electrons. The van der Waals surface area contributed by atoms with E-state index in [4.69, 9.17) is 0 Å². The summed E-state index contributed by atoms with van der Waals surface area (Å²) in [5, 5.41) is 10.5. The highest BCUT2D eigenvalue weighted by Gasteiger charge is 2.32. The number of carbonyl (C=O) groups excluding carboxylic acids is 2. The van der Waals surface area contributed by atoms with Crippen LogP contribution in [-0.4, -0.2) is 64.0 Å². The molecule has 6 heteroatoms. The minimum atomic E-state index is -0.893. The second-order valence-corrected chi connectivity index (χ2v) is 7.48. The highest BCUT2D eigenvalue weighted by molar-refractivity contribution is 5.92. The lowest BCUT2D eigenvalue weighted by Gasteiger charge is -2.30. The molecule has 1 aromatic heterocycles. The Morgan fingerprint density at radius 1 is 1.04 bits per heavy atom. The summed E-state index contributed by atoms with van der Waals surface area (Å²) in [6.07, 6.45) is 5.10. The Kier molecular flexibility index (Phi) is 6.25. The molecule has 0 radical (unpaired) electrons. The minimum Gasteiger partial charge on any atom is -0.383 e. The van der Waals surface area contributed by atoms with Gasteiger partial charge in [0.25, 0.3) is 11.8 Å². The van der Waals surface area contributed by atoms with Gasteiger partial charge >= 0.3 is 0 Å². The van der Waals surface area contributed by atoms with Crippen molar-refractivity contribution in [1.82, 2.24) is 14.8 Å². The number of hydrogen-bond acceptors (Lipinski definition) is 4. The fourth-order valence-corrected chi connectivity index (χ4v) is 4.00. The van der Waals surface area contributed by atoms with Crippen LogP contribution < -0.4 is 0 Å². The Labute approximate surface area is 155 Å². The molecule has 2 fully saturated rings. The smallest absolute Gasteiger partial charge is 0.272 e. The average Bonchev–Trinajstić information content (AvgIpc) is 2.93. The Morgan fingerprint density at radius 3 is 2.46 bits per heavy atom. The third-order valence-corrected chi connectivity index (χ3v) is 5.55. The molecule has 0 aromatic carbocycles. The van der Waals surface area contributed by atoms with E-state index in [9.17, 15) is 14.7 Å². The monoisotopic (exact) mass is 359 g/mol. The molecule has 2 amide bonds. The summed E-state index contributed by atoms with van der Waals surface area (Å²) in [4.78, 5) is 33.2. The predicted molar refractivity (Wildman–Crippen MR) is 98.7 cm³/mol. The van der Waals surface area contributed by atoms with Gasteiger partial charge in [0.05, 0.1) is 0 Å². The van der Waals surface area contributed by atoms with Crippen LogP contribution >= 0.6 is 0 Å². The molecule has 2 heterocycles. The van der Waals surface area contributed by atoms with E-state index in [1.807, 2.05) is 19.1 Å². The number of pyridine rings is 1. The van der Waals surface area contributed by atoms with Crippen LogP contribution in [0.4, 0.5) is 0 Å². The van der Waals surface area contributed by atoms with Gasteiger partial charge in [0, 0.05) is 31.9 Å². The number of amides is 2. The second-order valence-electron chi connectivity index (χ2n) is 7.48. The van der Waals surface area contributed by atoms with Crippen LogP contribution in [0.3, 0.4) is 0 Å². The van der Waals surface area contributed by atoms with Gasteiger partial charge in [-0.2, -0.15) is 0 Å². The summed E-state index contributed by atoms with van der Waals surface area (Å²) < 4.78 is 0. The van der Waals surface area contributed by atoms with Crippen molar-refractivity contribution in [3.8, 4) is 0 Å². The quantitative estimate of drug-likeness (QED) is 0.896. The van der Waals surface area contributed by atoms with Gasteiger partial charge in [-0.15, -0.1) is 0 Å². The lowest BCUT2D eigenvalue weighted by atomic mass is 9.85. The normalized spacial score (nSPS) is 20.5. The largest absolute Gasteiger partial charge is 0.383 e. The molecule has 1 atom stereocenters. The number of aryl methyl sites for hydroxylation is 1. The Bertz CT molecular complexity index is 643. The zero-order chi connectivity index (χ0) is 18.5. The van der Waals surface area contributed by atoms with Gasteiger partial charge in [0.1, 0.15) is 11.8 Å². The van der Waals surface area contributed by atoms with Gasteiger partial charge in [-0.25, -0.2) is 4.98 Å². The van der Waals surface area contributed by atoms with Crippen molar-refractivity contribution in [2.75, 3.05) is 26.2 Å². The average molecular weight is 359 g/mol. The SMILES string of the molecule is Cc1cccc(C(=O)N2CCCN(C(=O)[C@H](O)C3CCCCC3)CC2)n1. The molecular weight excluding hydrogens is 330 g/mol. The fraction of sp³-hybridized carbons (Fsp3) is 0.650. The first-order valence-corrected chi connectivity index (χ1v) is 9.76. The molecule has 1 saturated carbocycles. The van der Waals surface area contributed by atoms with E-state index < -0.39 is 6.10 Å².